The van der Waals surface area contributed by atoms with Crippen molar-refractivity contribution in [3.63, 3.8) is 0 Å². The van der Waals surface area contributed by atoms with E-state index in [4.69, 9.17) is 4.42 Å². The molecule has 1 unspecified atom stereocenters. The number of aromatic nitrogens is 4. The van der Waals surface area contributed by atoms with Crippen LogP contribution in [0.15, 0.2) is 40.8 Å². The molecule has 108 valence electrons. The molecule has 1 atom stereocenters. The smallest absolute Gasteiger partial charge is 0.263 e. The Morgan fingerprint density at radius 3 is 2.71 bits per heavy atom. The highest BCUT2D eigenvalue weighted by atomic mass is 16.3. The summed E-state index contributed by atoms with van der Waals surface area (Å²) >= 11 is 0. The lowest BCUT2D eigenvalue weighted by Crippen LogP contribution is -1.99. The van der Waals surface area contributed by atoms with E-state index in [1.807, 2.05) is 36.4 Å². The van der Waals surface area contributed by atoms with Gasteiger partial charge in [0.05, 0.1) is 12.6 Å². The van der Waals surface area contributed by atoms with E-state index in [9.17, 15) is 5.11 Å². The Morgan fingerprint density at radius 2 is 2.05 bits per heavy atom. The molecule has 7 heteroatoms. The second-order valence-corrected chi connectivity index (χ2v) is 4.65. The molecule has 0 bridgehead atoms. The topological polar surface area (TPSA) is 99.9 Å². The van der Waals surface area contributed by atoms with Gasteiger partial charge in [-0.3, -0.25) is 0 Å². The molecule has 3 rings (SSSR count). The van der Waals surface area contributed by atoms with Crippen molar-refractivity contribution in [3.8, 4) is 11.3 Å². The van der Waals surface area contributed by atoms with Gasteiger partial charge in [-0.1, -0.05) is 29.4 Å². The molecule has 3 N–H and O–H groups in total. The first-order valence-corrected chi connectivity index (χ1v) is 6.57. The molecule has 0 amide bonds. The summed E-state index contributed by atoms with van der Waals surface area (Å²) in [5, 5.41) is 25.9. The van der Waals surface area contributed by atoms with Gasteiger partial charge in [0.1, 0.15) is 11.5 Å². The monoisotopic (exact) mass is 285 g/mol. The molecular weight excluding hydrogens is 270 g/mol. The molecule has 2 heterocycles. The zero-order valence-electron chi connectivity index (χ0n) is 11.4. The number of hydrogen-bond donors (Lipinski definition) is 3. The maximum atomic E-state index is 9.50. The Morgan fingerprint density at radius 1 is 1.24 bits per heavy atom. The molecule has 0 aliphatic heterocycles. The first-order valence-electron chi connectivity index (χ1n) is 6.57. The van der Waals surface area contributed by atoms with Crippen LogP contribution in [0.2, 0.25) is 0 Å². The summed E-state index contributed by atoms with van der Waals surface area (Å²) in [6, 6.07) is 11.4. The van der Waals surface area contributed by atoms with E-state index in [1.54, 1.807) is 6.92 Å². The number of H-pyrrole nitrogens is 1. The van der Waals surface area contributed by atoms with E-state index in [2.05, 4.69) is 25.9 Å². The lowest BCUT2D eigenvalue weighted by molar-refractivity contribution is 0.199. The maximum absolute atomic E-state index is 9.50. The van der Waals surface area contributed by atoms with Crippen LogP contribution in [0.4, 0.5) is 5.95 Å². The molecule has 0 fully saturated rings. The van der Waals surface area contributed by atoms with E-state index in [-0.39, 0.29) is 0 Å². The third-order valence-corrected chi connectivity index (χ3v) is 3.11. The number of nitrogens with one attached hydrogen (secondary N) is 2. The summed E-state index contributed by atoms with van der Waals surface area (Å²) in [4.78, 5) is 0. The van der Waals surface area contributed by atoms with E-state index >= 15 is 0 Å². The minimum absolute atomic E-state index is 0.425. The fourth-order valence-corrected chi connectivity index (χ4v) is 1.96. The van der Waals surface area contributed by atoms with E-state index in [0.717, 1.165) is 22.6 Å². The molecule has 0 saturated carbocycles. The van der Waals surface area contributed by atoms with Gasteiger partial charge in [0.25, 0.3) is 5.95 Å². The first kappa shape index (κ1) is 13.3. The molecule has 1 aromatic carbocycles. The van der Waals surface area contributed by atoms with Gasteiger partial charge in [-0.2, -0.15) is 5.21 Å². The number of furan rings is 1. The lowest BCUT2D eigenvalue weighted by atomic mass is 10.1. The zero-order valence-corrected chi connectivity index (χ0v) is 11.4. The molecule has 21 heavy (non-hydrogen) atoms. The third kappa shape index (κ3) is 3.09. The van der Waals surface area contributed by atoms with Crippen LogP contribution in [0, 0.1) is 0 Å². The van der Waals surface area contributed by atoms with Gasteiger partial charge in [0.15, 0.2) is 0 Å². The van der Waals surface area contributed by atoms with Crippen molar-refractivity contribution < 1.29 is 9.52 Å². The van der Waals surface area contributed by atoms with Crippen molar-refractivity contribution in [2.75, 3.05) is 5.32 Å². The van der Waals surface area contributed by atoms with E-state index in [0.29, 0.717) is 12.5 Å². The number of benzene rings is 1. The predicted octanol–water partition coefficient (Wildman–Crippen LogP) is 2.13. The summed E-state index contributed by atoms with van der Waals surface area (Å²) in [6.45, 7) is 2.22. The minimum atomic E-state index is -0.467. The van der Waals surface area contributed by atoms with Crippen LogP contribution in [0.25, 0.3) is 11.3 Å². The molecule has 0 aliphatic rings. The molecule has 0 saturated heterocycles. The van der Waals surface area contributed by atoms with Crippen molar-refractivity contribution in [1.29, 1.82) is 0 Å². The number of aliphatic hydroxyl groups excluding tert-OH is 1. The standard InChI is InChI=1S/C14H15N5O2/c1-9(20)10-2-4-11(5-3-10)13-7-6-12(21-13)8-15-14-16-18-19-17-14/h2-7,9,20H,8H2,1H3,(H2,15,16,17,18,19). The van der Waals surface area contributed by atoms with Crippen LogP contribution in [-0.4, -0.2) is 25.7 Å². The highest BCUT2D eigenvalue weighted by molar-refractivity contribution is 5.58. The van der Waals surface area contributed by atoms with Gasteiger partial charge in [0, 0.05) is 5.56 Å². The summed E-state index contributed by atoms with van der Waals surface area (Å²) in [5.41, 5.74) is 1.84. The highest BCUT2D eigenvalue weighted by Gasteiger charge is 2.07. The van der Waals surface area contributed by atoms with Gasteiger partial charge in [0.2, 0.25) is 0 Å². The average Bonchev–Trinajstić information content (AvgIpc) is 3.17. The summed E-state index contributed by atoms with van der Waals surface area (Å²) in [7, 11) is 0. The van der Waals surface area contributed by atoms with Crippen molar-refractivity contribution in [2.24, 2.45) is 0 Å². The highest BCUT2D eigenvalue weighted by Crippen LogP contribution is 2.24. The van der Waals surface area contributed by atoms with Gasteiger partial charge in [-0.05, 0) is 29.8 Å². The third-order valence-electron chi connectivity index (χ3n) is 3.11. The maximum Gasteiger partial charge on any atom is 0.263 e. The van der Waals surface area contributed by atoms with Crippen LogP contribution in [0.1, 0.15) is 24.4 Å². The minimum Gasteiger partial charge on any atom is -0.459 e. The average molecular weight is 285 g/mol. The molecule has 0 radical (unpaired) electrons. The van der Waals surface area contributed by atoms with Crippen LogP contribution in [0.5, 0.6) is 0 Å². The summed E-state index contributed by atoms with van der Waals surface area (Å²) < 4.78 is 5.76. The number of tetrazole rings is 1. The van der Waals surface area contributed by atoms with Gasteiger partial charge >= 0.3 is 0 Å². The fourth-order valence-electron chi connectivity index (χ4n) is 1.96. The number of hydrogen-bond acceptors (Lipinski definition) is 6. The second kappa shape index (κ2) is 5.76. The molecular formula is C14H15N5O2. The van der Waals surface area contributed by atoms with E-state index in [1.165, 1.54) is 0 Å². The van der Waals surface area contributed by atoms with E-state index < -0.39 is 6.10 Å². The molecule has 0 spiro atoms. The zero-order chi connectivity index (χ0) is 14.7. The Hall–Kier alpha value is -2.67. The summed E-state index contributed by atoms with van der Waals surface area (Å²) in [5.74, 6) is 1.97. The van der Waals surface area contributed by atoms with Crippen molar-refractivity contribution in [2.45, 2.75) is 19.6 Å². The molecule has 7 nitrogen and oxygen atoms in total. The van der Waals surface area contributed by atoms with Gasteiger partial charge < -0.3 is 14.8 Å². The van der Waals surface area contributed by atoms with Crippen LogP contribution in [-0.2, 0) is 6.54 Å². The normalized spacial score (nSPS) is 12.3. The Balaban J connectivity index is 1.69. The predicted molar refractivity (Wildman–Crippen MR) is 76.3 cm³/mol. The van der Waals surface area contributed by atoms with Crippen molar-refractivity contribution in [3.05, 3.63) is 47.7 Å². The Labute approximate surface area is 121 Å². The second-order valence-electron chi connectivity index (χ2n) is 4.65. The Bertz CT molecular complexity index is 688. The van der Waals surface area contributed by atoms with Gasteiger partial charge in [-0.25, -0.2) is 0 Å². The number of nitrogens with zero attached hydrogens (tertiary/aromatic N) is 3. The molecule has 0 aliphatic carbocycles. The van der Waals surface area contributed by atoms with Crippen LogP contribution < -0.4 is 5.32 Å². The lowest BCUT2D eigenvalue weighted by Gasteiger charge is -2.04. The number of aliphatic hydroxyl groups is 1. The number of rotatable bonds is 5. The molecule has 2 aromatic heterocycles. The van der Waals surface area contributed by atoms with Gasteiger partial charge in [-0.15, -0.1) is 5.10 Å². The molecule has 3 aromatic rings. The largest absolute Gasteiger partial charge is 0.459 e. The van der Waals surface area contributed by atoms with Crippen LogP contribution in [0.3, 0.4) is 0 Å². The quantitative estimate of drug-likeness (QED) is 0.664. The number of aromatic amines is 1. The Kier molecular flexibility index (Phi) is 3.65. The fraction of sp³-hybridized carbons (Fsp3) is 0.214. The first-order chi connectivity index (χ1) is 10.2. The van der Waals surface area contributed by atoms with Crippen molar-refractivity contribution >= 4 is 5.95 Å². The van der Waals surface area contributed by atoms with Crippen LogP contribution >= 0.6 is 0 Å². The van der Waals surface area contributed by atoms with Crippen molar-refractivity contribution in [1.82, 2.24) is 20.6 Å². The number of anilines is 1. The SMILES string of the molecule is CC(O)c1ccc(-c2ccc(CNc3nn[nH]n3)o2)cc1. The summed E-state index contributed by atoms with van der Waals surface area (Å²) in [6.07, 6.45) is -0.467.